The third kappa shape index (κ3) is 3.50. The number of nitrogens with zero attached hydrogens (tertiary/aromatic N) is 3. The van der Waals surface area contributed by atoms with Crippen molar-refractivity contribution in [2.45, 2.75) is 45.1 Å². The maximum atomic E-state index is 12.4. The molecule has 2 aliphatic rings. The van der Waals surface area contributed by atoms with Crippen molar-refractivity contribution in [2.75, 3.05) is 19.7 Å². The molecule has 3 rings (SSSR count). The summed E-state index contributed by atoms with van der Waals surface area (Å²) in [5.41, 5.74) is 1.28. The smallest absolute Gasteiger partial charge is 0.246 e. The van der Waals surface area contributed by atoms with E-state index in [1.807, 2.05) is 4.90 Å². The number of allylic oxidation sites excluding steroid dienone is 1. The van der Waals surface area contributed by atoms with Gasteiger partial charge in [-0.15, -0.1) is 10.2 Å². The summed E-state index contributed by atoms with van der Waals surface area (Å²) in [6.45, 7) is 3.39. The number of aryl methyl sites for hydroxylation is 1. The normalized spacial score (nSPS) is 23.0. The highest BCUT2D eigenvalue weighted by atomic mass is 16.5. The van der Waals surface area contributed by atoms with Gasteiger partial charge in [-0.2, -0.15) is 0 Å². The molecule has 1 saturated heterocycles. The molecule has 1 fully saturated rings. The van der Waals surface area contributed by atoms with Crippen LogP contribution in [-0.2, 0) is 9.53 Å². The SMILES string of the molecule is Cc1nnc(C2CN(C(=O)CC3=CCCCC3)CCO2)o1. The Morgan fingerprint density at radius 1 is 1.43 bits per heavy atom. The molecule has 0 N–H and O–H groups in total. The van der Waals surface area contributed by atoms with Gasteiger partial charge in [0.1, 0.15) is 0 Å². The first kappa shape index (κ1) is 14.3. The van der Waals surface area contributed by atoms with Crippen molar-refractivity contribution in [3.63, 3.8) is 0 Å². The fraction of sp³-hybridized carbons (Fsp3) is 0.667. The minimum Gasteiger partial charge on any atom is -0.423 e. The van der Waals surface area contributed by atoms with Gasteiger partial charge in [0.05, 0.1) is 13.2 Å². The first-order chi connectivity index (χ1) is 10.2. The predicted octanol–water partition coefficient (Wildman–Crippen LogP) is 2.17. The van der Waals surface area contributed by atoms with Crippen LogP contribution in [0.1, 0.15) is 50.0 Å². The van der Waals surface area contributed by atoms with E-state index in [9.17, 15) is 4.79 Å². The zero-order valence-corrected chi connectivity index (χ0v) is 12.4. The Morgan fingerprint density at radius 2 is 2.33 bits per heavy atom. The van der Waals surface area contributed by atoms with Crippen LogP contribution >= 0.6 is 0 Å². The summed E-state index contributed by atoms with van der Waals surface area (Å²) >= 11 is 0. The summed E-state index contributed by atoms with van der Waals surface area (Å²) in [5, 5.41) is 7.80. The molecule has 1 aliphatic carbocycles. The molecule has 1 unspecified atom stereocenters. The highest BCUT2D eigenvalue weighted by molar-refractivity contribution is 5.78. The molecule has 0 aromatic carbocycles. The Morgan fingerprint density at radius 3 is 3.05 bits per heavy atom. The first-order valence-corrected chi connectivity index (χ1v) is 7.59. The molecule has 1 aliphatic heterocycles. The number of ether oxygens (including phenoxy) is 1. The van der Waals surface area contributed by atoms with Gasteiger partial charge in [-0.1, -0.05) is 11.6 Å². The molecule has 0 bridgehead atoms. The van der Waals surface area contributed by atoms with Crippen molar-refractivity contribution in [1.29, 1.82) is 0 Å². The van der Waals surface area contributed by atoms with Crippen LogP contribution in [0.15, 0.2) is 16.1 Å². The molecule has 21 heavy (non-hydrogen) atoms. The topological polar surface area (TPSA) is 68.5 Å². The van der Waals surface area contributed by atoms with Crippen LogP contribution in [0.2, 0.25) is 0 Å². The maximum Gasteiger partial charge on any atom is 0.246 e. The van der Waals surface area contributed by atoms with Gasteiger partial charge >= 0.3 is 0 Å². The number of hydrogen-bond donors (Lipinski definition) is 0. The molecule has 6 nitrogen and oxygen atoms in total. The minimum absolute atomic E-state index is 0.174. The van der Waals surface area contributed by atoms with Crippen molar-refractivity contribution in [3.05, 3.63) is 23.4 Å². The fourth-order valence-corrected chi connectivity index (χ4v) is 2.84. The van der Waals surface area contributed by atoms with Gasteiger partial charge in [0, 0.05) is 19.9 Å². The second-order valence-electron chi connectivity index (χ2n) is 5.64. The van der Waals surface area contributed by atoms with Gasteiger partial charge in [-0.3, -0.25) is 4.79 Å². The standard InChI is InChI=1S/C15H21N3O3/c1-11-16-17-15(21-11)13-10-18(7-8-20-13)14(19)9-12-5-3-2-4-6-12/h5,13H,2-4,6-10H2,1H3. The summed E-state index contributed by atoms with van der Waals surface area (Å²) in [7, 11) is 0. The van der Waals surface area contributed by atoms with E-state index in [4.69, 9.17) is 9.15 Å². The van der Waals surface area contributed by atoms with E-state index in [2.05, 4.69) is 16.3 Å². The van der Waals surface area contributed by atoms with E-state index < -0.39 is 0 Å². The van der Waals surface area contributed by atoms with Crippen LogP contribution in [0.5, 0.6) is 0 Å². The lowest BCUT2D eigenvalue weighted by molar-refractivity contribution is -0.139. The molecular weight excluding hydrogens is 270 g/mol. The summed E-state index contributed by atoms with van der Waals surface area (Å²) in [6, 6.07) is 0. The Labute approximate surface area is 124 Å². The summed E-state index contributed by atoms with van der Waals surface area (Å²) in [4.78, 5) is 14.3. The number of rotatable bonds is 3. The number of carbonyl (C=O) groups is 1. The number of carbonyl (C=O) groups excluding carboxylic acids is 1. The lowest BCUT2D eigenvalue weighted by Crippen LogP contribution is -2.42. The van der Waals surface area contributed by atoms with Crippen molar-refractivity contribution >= 4 is 5.91 Å². The van der Waals surface area contributed by atoms with E-state index in [1.165, 1.54) is 18.4 Å². The molecule has 1 aromatic rings. The average Bonchev–Trinajstić information content (AvgIpc) is 2.95. The van der Waals surface area contributed by atoms with E-state index >= 15 is 0 Å². The zero-order valence-electron chi connectivity index (χ0n) is 12.4. The summed E-state index contributed by atoms with van der Waals surface area (Å²) in [5.74, 6) is 1.15. The molecule has 1 amide bonds. The van der Waals surface area contributed by atoms with Gasteiger partial charge in [-0.25, -0.2) is 0 Å². The van der Waals surface area contributed by atoms with E-state index in [0.29, 0.717) is 37.9 Å². The van der Waals surface area contributed by atoms with Gasteiger partial charge in [0.25, 0.3) is 0 Å². The maximum absolute atomic E-state index is 12.4. The van der Waals surface area contributed by atoms with Crippen LogP contribution in [0, 0.1) is 6.92 Å². The number of morpholine rings is 1. The third-order valence-corrected chi connectivity index (χ3v) is 4.00. The largest absolute Gasteiger partial charge is 0.423 e. The highest BCUT2D eigenvalue weighted by Gasteiger charge is 2.29. The lowest BCUT2D eigenvalue weighted by atomic mass is 9.97. The molecule has 1 aromatic heterocycles. The molecule has 2 heterocycles. The van der Waals surface area contributed by atoms with Gasteiger partial charge < -0.3 is 14.1 Å². The number of aromatic nitrogens is 2. The molecular formula is C15H21N3O3. The van der Waals surface area contributed by atoms with E-state index in [0.717, 1.165) is 12.8 Å². The Hall–Kier alpha value is -1.69. The summed E-state index contributed by atoms with van der Waals surface area (Å²) in [6.07, 6.45) is 7.07. The van der Waals surface area contributed by atoms with Crippen LogP contribution in [-0.4, -0.2) is 40.7 Å². The van der Waals surface area contributed by atoms with Gasteiger partial charge in [-0.05, 0) is 25.7 Å². The van der Waals surface area contributed by atoms with Crippen LogP contribution in [0.3, 0.4) is 0 Å². The Bertz CT molecular complexity index is 538. The van der Waals surface area contributed by atoms with E-state index in [1.54, 1.807) is 6.92 Å². The van der Waals surface area contributed by atoms with E-state index in [-0.39, 0.29) is 12.0 Å². The molecule has 0 radical (unpaired) electrons. The van der Waals surface area contributed by atoms with Gasteiger partial charge in [0.2, 0.25) is 17.7 Å². The Balaban J connectivity index is 1.60. The quantitative estimate of drug-likeness (QED) is 0.798. The van der Waals surface area contributed by atoms with Crippen LogP contribution in [0.25, 0.3) is 0 Å². The third-order valence-electron chi connectivity index (χ3n) is 4.00. The molecule has 1 atom stereocenters. The molecule has 0 saturated carbocycles. The van der Waals surface area contributed by atoms with Gasteiger partial charge in [0.15, 0.2) is 6.10 Å². The monoisotopic (exact) mass is 291 g/mol. The zero-order chi connectivity index (χ0) is 14.7. The lowest BCUT2D eigenvalue weighted by Gasteiger charge is -2.31. The number of amides is 1. The summed E-state index contributed by atoms with van der Waals surface area (Å²) < 4.78 is 11.0. The second-order valence-corrected chi connectivity index (χ2v) is 5.64. The molecule has 6 heteroatoms. The highest BCUT2D eigenvalue weighted by Crippen LogP contribution is 2.24. The fourth-order valence-electron chi connectivity index (χ4n) is 2.84. The Kier molecular flexibility index (Phi) is 4.34. The molecule has 114 valence electrons. The second kappa shape index (κ2) is 6.39. The number of hydrogen-bond acceptors (Lipinski definition) is 5. The predicted molar refractivity (Wildman–Crippen MR) is 75.5 cm³/mol. The van der Waals surface area contributed by atoms with Crippen molar-refractivity contribution in [1.82, 2.24) is 15.1 Å². The average molecular weight is 291 g/mol. The molecule has 0 spiro atoms. The van der Waals surface area contributed by atoms with Crippen molar-refractivity contribution in [2.24, 2.45) is 0 Å². The van der Waals surface area contributed by atoms with Crippen LogP contribution < -0.4 is 0 Å². The van der Waals surface area contributed by atoms with Crippen molar-refractivity contribution in [3.8, 4) is 0 Å². The first-order valence-electron chi connectivity index (χ1n) is 7.59. The van der Waals surface area contributed by atoms with Crippen LogP contribution in [0.4, 0.5) is 0 Å². The minimum atomic E-state index is -0.302. The van der Waals surface area contributed by atoms with Crippen molar-refractivity contribution < 1.29 is 13.9 Å².